The van der Waals surface area contributed by atoms with Gasteiger partial charge in [-0.3, -0.25) is 4.79 Å². The van der Waals surface area contributed by atoms with Gasteiger partial charge in [0, 0.05) is 47.5 Å². The minimum absolute atomic E-state index is 0.0245. The molecule has 1 saturated heterocycles. The molecule has 6 heteroatoms. The van der Waals surface area contributed by atoms with Gasteiger partial charge in [-0.05, 0) is 75.2 Å². The number of aryl methyl sites for hydroxylation is 2. The molecule has 32 heavy (non-hydrogen) atoms. The van der Waals surface area contributed by atoms with E-state index in [1.807, 2.05) is 38.1 Å². The molecule has 0 N–H and O–H groups in total. The van der Waals surface area contributed by atoms with Crippen LogP contribution in [0.3, 0.4) is 0 Å². The van der Waals surface area contributed by atoms with Crippen molar-refractivity contribution in [3.05, 3.63) is 74.1 Å². The van der Waals surface area contributed by atoms with Crippen molar-refractivity contribution in [2.24, 2.45) is 0 Å². The third-order valence-electron chi connectivity index (χ3n) is 6.02. The Morgan fingerprint density at radius 2 is 1.88 bits per heavy atom. The third-order valence-corrected chi connectivity index (χ3v) is 6.24. The second-order valence-corrected chi connectivity index (χ2v) is 9.25. The van der Waals surface area contributed by atoms with Crippen molar-refractivity contribution in [3.8, 4) is 5.75 Å². The standard InChI is InChI=1S/C26H28ClNO4/c1-16-10-18(12-21(27)11-16)13-22(29)15-20-14-19-4-5-24(17(2)25(19)32-26(20)30)31-23-6-8-28(3)9-7-23/h4-5,10-12,14,23H,6-9,13,15H2,1-3H3. The van der Waals surface area contributed by atoms with Gasteiger partial charge in [0.2, 0.25) is 0 Å². The van der Waals surface area contributed by atoms with Gasteiger partial charge < -0.3 is 14.1 Å². The molecule has 0 atom stereocenters. The average Bonchev–Trinajstić information content (AvgIpc) is 2.72. The predicted molar refractivity (Wildman–Crippen MR) is 127 cm³/mol. The molecule has 0 bridgehead atoms. The van der Waals surface area contributed by atoms with Crippen molar-refractivity contribution < 1.29 is 13.9 Å². The summed E-state index contributed by atoms with van der Waals surface area (Å²) in [5.74, 6) is 0.688. The molecular formula is C26H28ClNO4. The highest BCUT2D eigenvalue weighted by Crippen LogP contribution is 2.29. The number of hydrogen-bond donors (Lipinski definition) is 0. The smallest absolute Gasteiger partial charge is 0.339 e. The Bertz CT molecular complexity index is 1190. The lowest BCUT2D eigenvalue weighted by Crippen LogP contribution is -2.35. The zero-order valence-electron chi connectivity index (χ0n) is 18.7. The van der Waals surface area contributed by atoms with Crippen LogP contribution in [0.4, 0.5) is 0 Å². The quantitative estimate of drug-likeness (QED) is 0.497. The molecule has 4 rings (SSSR count). The number of carbonyl (C=O) groups is 1. The second-order valence-electron chi connectivity index (χ2n) is 8.82. The summed E-state index contributed by atoms with van der Waals surface area (Å²) in [7, 11) is 2.12. The van der Waals surface area contributed by atoms with Crippen molar-refractivity contribution in [2.45, 2.75) is 45.6 Å². The summed E-state index contributed by atoms with van der Waals surface area (Å²) < 4.78 is 11.9. The average molecular weight is 454 g/mol. The van der Waals surface area contributed by atoms with E-state index in [0.717, 1.165) is 53.8 Å². The van der Waals surface area contributed by atoms with Crippen molar-refractivity contribution in [3.63, 3.8) is 0 Å². The minimum atomic E-state index is -0.479. The maximum Gasteiger partial charge on any atom is 0.339 e. The zero-order valence-corrected chi connectivity index (χ0v) is 19.5. The highest BCUT2D eigenvalue weighted by molar-refractivity contribution is 6.30. The molecule has 0 amide bonds. The van der Waals surface area contributed by atoms with Gasteiger partial charge >= 0.3 is 5.63 Å². The van der Waals surface area contributed by atoms with Gasteiger partial charge in [-0.1, -0.05) is 17.7 Å². The molecular weight excluding hydrogens is 426 g/mol. The second kappa shape index (κ2) is 9.47. The van der Waals surface area contributed by atoms with Gasteiger partial charge in [0.15, 0.2) is 0 Å². The maximum absolute atomic E-state index is 12.6. The van der Waals surface area contributed by atoms with Crippen molar-refractivity contribution in [1.82, 2.24) is 4.90 Å². The number of piperidine rings is 1. The molecule has 1 aliphatic rings. The predicted octanol–water partition coefficient (Wildman–Crippen LogP) is 4.89. The number of ether oxygens (including phenoxy) is 1. The number of rotatable bonds is 6. The number of hydrogen-bond acceptors (Lipinski definition) is 5. The number of halogens is 1. The van der Waals surface area contributed by atoms with Gasteiger partial charge in [-0.25, -0.2) is 4.79 Å². The lowest BCUT2D eigenvalue weighted by atomic mass is 10.0. The van der Waals surface area contributed by atoms with Gasteiger partial charge in [0.1, 0.15) is 23.2 Å². The number of nitrogens with zero attached hydrogens (tertiary/aromatic N) is 1. The molecule has 0 unspecified atom stereocenters. The largest absolute Gasteiger partial charge is 0.490 e. The van der Waals surface area contributed by atoms with E-state index < -0.39 is 5.63 Å². The first-order valence-electron chi connectivity index (χ1n) is 11.0. The Balaban J connectivity index is 1.52. The Morgan fingerprint density at radius 3 is 2.59 bits per heavy atom. The van der Waals surface area contributed by atoms with Crippen LogP contribution in [0.5, 0.6) is 5.75 Å². The van der Waals surface area contributed by atoms with Gasteiger partial charge in [0.25, 0.3) is 0 Å². The Morgan fingerprint density at radius 1 is 1.12 bits per heavy atom. The molecule has 0 spiro atoms. The van der Waals surface area contributed by atoms with Crippen molar-refractivity contribution >= 4 is 28.4 Å². The van der Waals surface area contributed by atoms with Crippen LogP contribution in [-0.2, 0) is 17.6 Å². The molecule has 1 aromatic heterocycles. The first-order valence-corrected chi connectivity index (χ1v) is 11.4. The molecule has 0 aliphatic carbocycles. The van der Waals surface area contributed by atoms with Crippen LogP contribution < -0.4 is 10.4 Å². The molecule has 1 aliphatic heterocycles. The van der Waals surface area contributed by atoms with E-state index in [4.69, 9.17) is 20.8 Å². The number of Topliss-reactive ketones (excluding diaryl/α,β-unsaturated/α-hetero) is 1. The highest BCUT2D eigenvalue weighted by atomic mass is 35.5. The summed E-state index contributed by atoms with van der Waals surface area (Å²) in [4.78, 5) is 27.5. The number of benzene rings is 2. The number of carbonyl (C=O) groups excluding carboxylic acids is 1. The Hall–Kier alpha value is -2.63. The molecule has 5 nitrogen and oxygen atoms in total. The molecule has 2 aromatic carbocycles. The maximum atomic E-state index is 12.6. The first-order chi connectivity index (χ1) is 15.3. The lowest BCUT2D eigenvalue weighted by molar-refractivity contribution is -0.117. The van der Waals surface area contributed by atoms with Gasteiger partial charge in [-0.2, -0.15) is 0 Å². The number of ketones is 1. The molecule has 0 radical (unpaired) electrons. The minimum Gasteiger partial charge on any atom is -0.490 e. The summed E-state index contributed by atoms with van der Waals surface area (Å²) in [5, 5.41) is 1.39. The fourth-order valence-corrected chi connectivity index (χ4v) is 4.61. The summed E-state index contributed by atoms with van der Waals surface area (Å²) in [6, 6.07) is 11.1. The van der Waals surface area contributed by atoms with Crippen LogP contribution in [0.1, 0.15) is 35.1 Å². The van der Waals surface area contributed by atoms with Crippen LogP contribution in [0.2, 0.25) is 5.02 Å². The van der Waals surface area contributed by atoms with Crippen LogP contribution in [0.25, 0.3) is 11.0 Å². The number of likely N-dealkylation sites (tertiary alicyclic amines) is 1. The Kier molecular flexibility index (Phi) is 6.68. The normalized spacial score (nSPS) is 15.2. The SMILES string of the molecule is Cc1cc(Cl)cc(CC(=O)Cc2cc3ccc(OC4CCN(C)CC4)c(C)c3oc2=O)c1. The molecule has 3 aromatic rings. The van der Waals surface area contributed by atoms with E-state index in [9.17, 15) is 9.59 Å². The molecule has 168 valence electrons. The van der Waals surface area contributed by atoms with E-state index in [1.165, 1.54) is 0 Å². The lowest BCUT2D eigenvalue weighted by Gasteiger charge is -2.29. The summed E-state index contributed by atoms with van der Waals surface area (Å²) in [6.45, 7) is 5.86. The van der Waals surface area contributed by atoms with Gasteiger partial charge in [0.05, 0.1) is 0 Å². The topological polar surface area (TPSA) is 59.8 Å². The monoisotopic (exact) mass is 453 g/mol. The van der Waals surface area contributed by atoms with E-state index in [1.54, 1.807) is 12.1 Å². The van der Waals surface area contributed by atoms with E-state index >= 15 is 0 Å². The fourth-order valence-electron chi connectivity index (χ4n) is 4.30. The zero-order chi connectivity index (χ0) is 22.8. The van der Waals surface area contributed by atoms with Gasteiger partial charge in [-0.15, -0.1) is 0 Å². The number of fused-ring (bicyclic) bond motifs is 1. The summed E-state index contributed by atoms with van der Waals surface area (Å²) >= 11 is 6.09. The molecule has 1 fully saturated rings. The third kappa shape index (κ3) is 5.22. The highest BCUT2D eigenvalue weighted by Gasteiger charge is 2.20. The summed E-state index contributed by atoms with van der Waals surface area (Å²) in [6.07, 6.45) is 2.37. The van der Waals surface area contributed by atoms with Crippen LogP contribution >= 0.6 is 11.6 Å². The van der Waals surface area contributed by atoms with E-state index in [2.05, 4.69) is 11.9 Å². The fraction of sp³-hybridized carbons (Fsp3) is 0.385. The Labute approximate surface area is 192 Å². The van der Waals surface area contributed by atoms with Crippen LogP contribution in [0, 0.1) is 13.8 Å². The first kappa shape index (κ1) is 22.6. The van der Waals surface area contributed by atoms with E-state index in [-0.39, 0.29) is 24.7 Å². The van der Waals surface area contributed by atoms with Crippen molar-refractivity contribution in [1.29, 1.82) is 0 Å². The van der Waals surface area contributed by atoms with E-state index in [0.29, 0.717) is 16.2 Å². The molecule has 2 heterocycles. The van der Waals surface area contributed by atoms with Crippen molar-refractivity contribution in [2.75, 3.05) is 20.1 Å². The summed E-state index contributed by atoms with van der Waals surface area (Å²) in [5.41, 5.74) is 3.06. The van der Waals surface area contributed by atoms with Crippen LogP contribution in [0.15, 0.2) is 45.6 Å². The molecule has 0 saturated carbocycles. The van der Waals surface area contributed by atoms with Crippen LogP contribution in [-0.4, -0.2) is 36.9 Å².